The minimum absolute atomic E-state index is 0.0679. The van der Waals surface area contributed by atoms with Gasteiger partial charge in [-0.05, 0) is 11.5 Å². The normalized spacial score (nSPS) is 10.1. The summed E-state index contributed by atoms with van der Waals surface area (Å²) in [5, 5.41) is 11.4. The third kappa shape index (κ3) is 1.69. The van der Waals surface area contributed by atoms with Gasteiger partial charge in [-0.15, -0.1) is 0 Å². The Balaban J connectivity index is 2.80. The predicted octanol–water partition coefficient (Wildman–Crippen LogP) is 1.45. The summed E-state index contributed by atoms with van der Waals surface area (Å²) in [4.78, 5) is 3.91. The summed E-state index contributed by atoms with van der Waals surface area (Å²) in [6.45, 7) is 0. The second-order valence-corrected chi connectivity index (χ2v) is 3.19. The average Bonchev–Trinajstić information content (AvgIpc) is 2.22. The van der Waals surface area contributed by atoms with E-state index in [4.69, 9.17) is 11.5 Å². The number of hydrogen-bond donors (Lipinski definition) is 3. The van der Waals surface area contributed by atoms with Crippen molar-refractivity contribution in [1.82, 2.24) is 0 Å². The van der Waals surface area contributed by atoms with Crippen LogP contribution >= 0.6 is 0 Å². The van der Waals surface area contributed by atoms with Crippen molar-refractivity contribution < 1.29 is 5.11 Å². The standard InChI is InChI=1S/C11H11N3O/c12-11(13)14-10-8-4-2-1-3-7(8)5-6-9(10)15/h1-6,15H,(H4,12,13,14). The zero-order chi connectivity index (χ0) is 10.8. The molecule has 0 spiro atoms. The van der Waals surface area contributed by atoms with Gasteiger partial charge in [-0.2, -0.15) is 0 Å². The molecule has 0 bridgehead atoms. The average molecular weight is 201 g/mol. The van der Waals surface area contributed by atoms with Crippen LogP contribution in [0.25, 0.3) is 10.8 Å². The van der Waals surface area contributed by atoms with Crippen molar-refractivity contribution >= 4 is 22.4 Å². The molecule has 2 rings (SSSR count). The summed E-state index contributed by atoms with van der Waals surface area (Å²) in [5.41, 5.74) is 11.0. The highest BCUT2D eigenvalue weighted by molar-refractivity contribution is 5.97. The lowest BCUT2D eigenvalue weighted by molar-refractivity contribution is 0.477. The first-order valence-electron chi connectivity index (χ1n) is 4.49. The fourth-order valence-electron chi connectivity index (χ4n) is 1.49. The number of fused-ring (bicyclic) bond motifs is 1. The number of aliphatic imine (C=N–C) groups is 1. The Morgan fingerprint density at radius 1 is 1.07 bits per heavy atom. The zero-order valence-corrected chi connectivity index (χ0v) is 8.01. The van der Waals surface area contributed by atoms with E-state index in [1.165, 1.54) is 0 Å². The molecule has 5 N–H and O–H groups in total. The summed E-state index contributed by atoms with van der Waals surface area (Å²) in [6, 6.07) is 11.0. The molecule has 0 radical (unpaired) electrons. The van der Waals surface area contributed by atoms with Gasteiger partial charge in [-0.1, -0.05) is 30.3 Å². The summed E-state index contributed by atoms with van der Waals surface area (Å²) in [5.74, 6) is 0.00348. The molecule has 0 aliphatic heterocycles. The van der Waals surface area contributed by atoms with Crippen LogP contribution in [0.1, 0.15) is 0 Å². The van der Waals surface area contributed by atoms with Gasteiger partial charge in [-0.3, -0.25) is 0 Å². The Hall–Kier alpha value is -2.23. The second kappa shape index (κ2) is 3.49. The minimum Gasteiger partial charge on any atom is -0.506 e. The van der Waals surface area contributed by atoms with E-state index in [9.17, 15) is 5.11 Å². The maximum Gasteiger partial charge on any atom is 0.191 e. The van der Waals surface area contributed by atoms with Gasteiger partial charge < -0.3 is 16.6 Å². The Labute approximate surface area is 86.8 Å². The van der Waals surface area contributed by atoms with Crippen LogP contribution in [0.5, 0.6) is 5.75 Å². The lowest BCUT2D eigenvalue weighted by Gasteiger charge is -2.04. The number of hydrogen-bond acceptors (Lipinski definition) is 2. The van der Waals surface area contributed by atoms with Crippen LogP contribution in [0.3, 0.4) is 0 Å². The molecule has 0 saturated heterocycles. The molecule has 76 valence electrons. The lowest BCUT2D eigenvalue weighted by Crippen LogP contribution is -2.21. The Bertz CT molecular complexity index is 530. The molecule has 2 aromatic rings. The van der Waals surface area contributed by atoms with Crippen LogP contribution in [0, 0.1) is 0 Å². The lowest BCUT2D eigenvalue weighted by atomic mass is 10.1. The number of nitrogens with two attached hydrogens (primary N) is 2. The van der Waals surface area contributed by atoms with Crippen molar-refractivity contribution in [3.05, 3.63) is 36.4 Å². The van der Waals surface area contributed by atoms with E-state index >= 15 is 0 Å². The summed E-state index contributed by atoms with van der Waals surface area (Å²) in [6.07, 6.45) is 0. The Kier molecular flexibility index (Phi) is 2.17. The van der Waals surface area contributed by atoms with Gasteiger partial charge in [0.25, 0.3) is 0 Å². The van der Waals surface area contributed by atoms with Crippen molar-refractivity contribution in [2.24, 2.45) is 16.5 Å². The van der Waals surface area contributed by atoms with E-state index in [1.807, 2.05) is 30.3 Å². The molecular weight excluding hydrogens is 190 g/mol. The Morgan fingerprint density at radius 2 is 1.80 bits per heavy atom. The molecule has 4 nitrogen and oxygen atoms in total. The molecule has 0 saturated carbocycles. The van der Waals surface area contributed by atoms with Crippen LogP contribution in [-0.4, -0.2) is 11.1 Å². The number of nitrogens with zero attached hydrogens (tertiary/aromatic N) is 1. The number of aromatic hydroxyl groups is 1. The number of phenols is 1. The first kappa shape index (κ1) is 9.33. The number of benzene rings is 2. The number of phenolic OH excluding ortho intramolecular Hbond substituents is 1. The largest absolute Gasteiger partial charge is 0.506 e. The van der Waals surface area contributed by atoms with Gasteiger partial charge in [0.05, 0.1) is 0 Å². The van der Waals surface area contributed by atoms with Crippen LogP contribution in [-0.2, 0) is 0 Å². The molecule has 0 fully saturated rings. The molecule has 0 unspecified atom stereocenters. The Morgan fingerprint density at radius 3 is 2.53 bits per heavy atom. The van der Waals surface area contributed by atoms with Gasteiger partial charge in [0.1, 0.15) is 11.4 Å². The SMILES string of the molecule is NC(N)=Nc1c(O)ccc2ccccc12. The summed E-state index contributed by atoms with van der Waals surface area (Å²) >= 11 is 0. The van der Waals surface area contributed by atoms with Crippen molar-refractivity contribution in [3.8, 4) is 5.75 Å². The van der Waals surface area contributed by atoms with E-state index in [0.29, 0.717) is 5.69 Å². The van der Waals surface area contributed by atoms with E-state index < -0.39 is 0 Å². The maximum atomic E-state index is 9.64. The molecule has 0 atom stereocenters. The minimum atomic E-state index is -0.0679. The van der Waals surface area contributed by atoms with E-state index in [1.54, 1.807) is 6.07 Å². The van der Waals surface area contributed by atoms with E-state index in [2.05, 4.69) is 4.99 Å². The van der Waals surface area contributed by atoms with Gasteiger partial charge in [0.15, 0.2) is 5.96 Å². The van der Waals surface area contributed by atoms with E-state index in [0.717, 1.165) is 10.8 Å². The molecule has 0 amide bonds. The third-order valence-electron chi connectivity index (χ3n) is 2.12. The van der Waals surface area contributed by atoms with Crippen LogP contribution in [0.2, 0.25) is 0 Å². The molecule has 4 heteroatoms. The second-order valence-electron chi connectivity index (χ2n) is 3.19. The topological polar surface area (TPSA) is 84.6 Å². The third-order valence-corrected chi connectivity index (χ3v) is 2.12. The highest BCUT2D eigenvalue weighted by Gasteiger charge is 2.05. The molecule has 15 heavy (non-hydrogen) atoms. The van der Waals surface area contributed by atoms with Gasteiger partial charge in [0, 0.05) is 5.39 Å². The molecule has 2 aromatic carbocycles. The number of rotatable bonds is 1. The zero-order valence-electron chi connectivity index (χ0n) is 8.01. The first-order valence-corrected chi connectivity index (χ1v) is 4.49. The highest BCUT2D eigenvalue weighted by atomic mass is 16.3. The fourth-order valence-corrected chi connectivity index (χ4v) is 1.49. The molecular formula is C11H11N3O. The van der Waals surface area contributed by atoms with Crippen LogP contribution in [0.15, 0.2) is 41.4 Å². The van der Waals surface area contributed by atoms with Crippen LogP contribution in [0.4, 0.5) is 5.69 Å². The van der Waals surface area contributed by atoms with Crippen LogP contribution < -0.4 is 11.5 Å². The van der Waals surface area contributed by atoms with Crippen molar-refractivity contribution in [2.75, 3.05) is 0 Å². The molecule has 0 aliphatic rings. The van der Waals surface area contributed by atoms with Crippen molar-refractivity contribution in [1.29, 1.82) is 0 Å². The fraction of sp³-hybridized carbons (Fsp3) is 0. The van der Waals surface area contributed by atoms with Gasteiger partial charge in [-0.25, -0.2) is 4.99 Å². The van der Waals surface area contributed by atoms with E-state index in [-0.39, 0.29) is 11.7 Å². The van der Waals surface area contributed by atoms with Crippen molar-refractivity contribution in [3.63, 3.8) is 0 Å². The predicted molar refractivity (Wildman–Crippen MR) is 61.1 cm³/mol. The summed E-state index contributed by atoms with van der Waals surface area (Å²) in [7, 11) is 0. The first-order chi connectivity index (χ1) is 7.18. The van der Waals surface area contributed by atoms with Gasteiger partial charge >= 0.3 is 0 Å². The monoisotopic (exact) mass is 201 g/mol. The van der Waals surface area contributed by atoms with Gasteiger partial charge in [0.2, 0.25) is 0 Å². The number of guanidine groups is 1. The summed E-state index contributed by atoms with van der Waals surface area (Å²) < 4.78 is 0. The quantitative estimate of drug-likeness (QED) is 0.482. The maximum absolute atomic E-state index is 9.64. The van der Waals surface area contributed by atoms with Crippen molar-refractivity contribution in [2.45, 2.75) is 0 Å². The molecule has 0 aromatic heterocycles. The molecule has 0 aliphatic carbocycles. The smallest absolute Gasteiger partial charge is 0.191 e. The highest BCUT2D eigenvalue weighted by Crippen LogP contribution is 2.34. The molecule has 0 heterocycles.